The number of ether oxygens (including phenoxy) is 2. The third-order valence-electron chi connectivity index (χ3n) is 8.92. The van der Waals surface area contributed by atoms with E-state index in [0.717, 1.165) is 70.6 Å². The lowest BCUT2D eigenvalue weighted by Crippen LogP contribution is -2.29. The lowest BCUT2D eigenvalue weighted by Gasteiger charge is -2.19. The molecule has 0 amide bonds. The molecule has 0 saturated heterocycles. The van der Waals surface area contributed by atoms with Gasteiger partial charge in [0.05, 0.1) is 13.2 Å². The average molecular weight is 794 g/mol. The molecule has 0 aliphatic rings. The molecule has 318 valence electrons. The van der Waals surface area contributed by atoms with Gasteiger partial charge in [0.15, 0.2) is 6.10 Å². The van der Waals surface area contributed by atoms with Gasteiger partial charge in [-0.1, -0.05) is 171 Å². The van der Waals surface area contributed by atoms with E-state index in [9.17, 15) is 19.0 Å². The summed E-state index contributed by atoms with van der Waals surface area (Å²) in [6.45, 7) is 3.58. The van der Waals surface area contributed by atoms with Gasteiger partial charge in [-0.15, -0.1) is 0 Å². The summed E-state index contributed by atoms with van der Waals surface area (Å²) in [5.74, 6) is -0.866. The van der Waals surface area contributed by atoms with Crippen LogP contribution >= 0.6 is 7.82 Å². The van der Waals surface area contributed by atoms with Crippen LogP contribution in [0.1, 0.15) is 181 Å². The fraction of sp³-hybridized carbons (Fsp3) is 0.733. The minimum atomic E-state index is -4.38. The third kappa shape index (κ3) is 41.2. The van der Waals surface area contributed by atoms with Crippen LogP contribution in [0.2, 0.25) is 0 Å². The number of hydrogen-bond donors (Lipinski definition) is 2. The Bertz CT molecular complexity index is 1090. The molecule has 1 unspecified atom stereocenters. The van der Waals surface area contributed by atoms with Crippen LogP contribution in [0.4, 0.5) is 0 Å². The van der Waals surface area contributed by atoms with Crippen LogP contribution in [0.5, 0.6) is 0 Å². The van der Waals surface area contributed by atoms with E-state index in [0.29, 0.717) is 12.8 Å². The Balaban J connectivity index is 4.21. The van der Waals surface area contributed by atoms with E-state index in [1.807, 2.05) is 0 Å². The van der Waals surface area contributed by atoms with E-state index in [1.165, 1.54) is 70.6 Å². The minimum absolute atomic E-state index is 0.0471. The maximum atomic E-state index is 12.6. The monoisotopic (exact) mass is 794 g/mol. The van der Waals surface area contributed by atoms with Crippen LogP contribution in [0.3, 0.4) is 0 Å². The maximum Gasteiger partial charge on any atom is 0.472 e. The Labute approximate surface area is 336 Å². The molecule has 9 nitrogen and oxygen atoms in total. The standard InChI is InChI=1S/C45H80NO8P/c1-3-5-7-9-11-13-15-17-19-20-21-22-24-25-27-29-31-33-35-37-44(47)51-41-43(42-53-55(49,50)52-40-39-46)54-45(48)38-36-34-32-30-28-26-23-18-16-14-12-10-8-6-4-2/h5,7,11,13,17,19,21-22,25,27,43H,3-4,6,8-10,12,14-16,18,20,23-24,26,28-42,46H2,1-2H3,(H,49,50)/t43-/m1/s1. The molecule has 3 N–H and O–H groups in total. The van der Waals surface area contributed by atoms with Crippen molar-refractivity contribution in [1.82, 2.24) is 0 Å². The molecule has 0 aromatic rings. The molecule has 0 rings (SSSR count). The fourth-order valence-electron chi connectivity index (χ4n) is 5.72. The highest BCUT2D eigenvalue weighted by Crippen LogP contribution is 2.43. The molecular formula is C45H80NO8P. The van der Waals surface area contributed by atoms with Gasteiger partial charge in [-0.2, -0.15) is 0 Å². The maximum absolute atomic E-state index is 12.6. The predicted octanol–water partition coefficient (Wildman–Crippen LogP) is 12.5. The topological polar surface area (TPSA) is 134 Å². The third-order valence-corrected chi connectivity index (χ3v) is 9.90. The minimum Gasteiger partial charge on any atom is -0.462 e. The van der Waals surface area contributed by atoms with Crippen molar-refractivity contribution in [3.63, 3.8) is 0 Å². The van der Waals surface area contributed by atoms with Crippen molar-refractivity contribution in [2.75, 3.05) is 26.4 Å². The first kappa shape index (κ1) is 52.7. The summed E-state index contributed by atoms with van der Waals surface area (Å²) in [4.78, 5) is 34.9. The van der Waals surface area contributed by atoms with Crippen molar-refractivity contribution < 1.29 is 37.6 Å². The number of hydrogen-bond acceptors (Lipinski definition) is 8. The first-order valence-electron chi connectivity index (χ1n) is 21.8. The van der Waals surface area contributed by atoms with E-state index < -0.39 is 32.5 Å². The number of esters is 2. The van der Waals surface area contributed by atoms with Crippen molar-refractivity contribution in [3.05, 3.63) is 60.8 Å². The Hall–Kier alpha value is -2.29. The van der Waals surface area contributed by atoms with Gasteiger partial charge in [0.25, 0.3) is 0 Å². The summed E-state index contributed by atoms with van der Waals surface area (Å²) in [5, 5.41) is 0. The summed E-state index contributed by atoms with van der Waals surface area (Å²) in [6, 6.07) is 0. The smallest absolute Gasteiger partial charge is 0.462 e. The van der Waals surface area contributed by atoms with Crippen molar-refractivity contribution in [2.24, 2.45) is 5.73 Å². The Kier molecular flexibility index (Phi) is 39.6. The van der Waals surface area contributed by atoms with E-state index >= 15 is 0 Å². The molecule has 0 radical (unpaired) electrons. The lowest BCUT2D eigenvalue weighted by atomic mass is 10.0. The van der Waals surface area contributed by atoms with Gasteiger partial charge < -0.3 is 20.1 Å². The summed E-state index contributed by atoms with van der Waals surface area (Å²) in [5.41, 5.74) is 5.34. The first-order valence-corrected chi connectivity index (χ1v) is 23.3. The number of nitrogens with two attached hydrogens (primary N) is 1. The molecule has 0 aliphatic carbocycles. The van der Waals surface area contributed by atoms with E-state index in [-0.39, 0.29) is 32.6 Å². The molecule has 0 bridgehead atoms. The largest absolute Gasteiger partial charge is 0.472 e. The Morgan fingerprint density at radius 3 is 1.49 bits per heavy atom. The molecule has 10 heteroatoms. The fourth-order valence-corrected chi connectivity index (χ4v) is 6.48. The van der Waals surface area contributed by atoms with Crippen molar-refractivity contribution in [3.8, 4) is 0 Å². The summed E-state index contributed by atoms with van der Waals surface area (Å²) in [7, 11) is -4.38. The second-order valence-corrected chi connectivity index (χ2v) is 15.6. The zero-order chi connectivity index (χ0) is 40.3. The van der Waals surface area contributed by atoms with Crippen LogP contribution in [-0.4, -0.2) is 49.3 Å². The Morgan fingerprint density at radius 2 is 1.00 bits per heavy atom. The Morgan fingerprint density at radius 1 is 0.564 bits per heavy atom. The van der Waals surface area contributed by atoms with Gasteiger partial charge in [-0.25, -0.2) is 4.57 Å². The van der Waals surface area contributed by atoms with Crippen LogP contribution in [0.15, 0.2) is 60.8 Å². The molecule has 0 heterocycles. The number of phosphoric ester groups is 1. The van der Waals surface area contributed by atoms with Gasteiger partial charge >= 0.3 is 19.8 Å². The van der Waals surface area contributed by atoms with Crippen molar-refractivity contribution in [2.45, 2.75) is 187 Å². The molecule has 0 fully saturated rings. The molecule has 55 heavy (non-hydrogen) atoms. The summed E-state index contributed by atoms with van der Waals surface area (Å²) in [6.07, 6.45) is 48.2. The normalized spacial score (nSPS) is 13.9. The summed E-state index contributed by atoms with van der Waals surface area (Å²) >= 11 is 0. The van der Waals surface area contributed by atoms with Gasteiger partial charge in [-0.05, 0) is 57.8 Å². The molecular weight excluding hydrogens is 713 g/mol. The van der Waals surface area contributed by atoms with E-state index in [1.54, 1.807) is 0 Å². The van der Waals surface area contributed by atoms with Crippen molar-refractivity contribution in [1.29, 1.82) is 0 Å². The van der Waals surface area contributed by atoms with Gasteiger partial charge in [0.2, 0.25) is 0 Å². The van der Waals surface area contributed by atoms with Crippen molar-refractivity contribution >= 4 is 19.8 Å². The van der Waals surface area contributed by atoms with E-state index in [4.69, 9.17) is 24.3 Å². The molecule has 0 aliphatic heterocycles. The van der Waals surface area contributed by atoms with E-state index in [2.05, 4.69) is 74.6 Å². The molecule has 0 aromatic heterocycles. The number of carbonyl (C=O) groups is 2. The highest BCUT2D eigenvalue weighted by atomic mass is 31.2. The number of allylic oxidation sites excluding steroid dienone is 10. The quantitative estimate of drug-likeness (QED) is 0.0269. The van der Waals surface area contributed by atoms with Crippen LogP contribution in [-0.2, 0) is 32.7 Å². The molecule has 0 spiro atoms. The first-order chi connectivity index (χ1) is 26.8. The highest BCUT2D eigenvalue weighted by molar-refractivity contribution is 7.47. The number of phosphoric acid groups is 1. The lowest BCUT2D eigenvalue weighted by molar-refractivity contribution is -0.161. The van der Waals surface area contributed by atoms with Crippen LogP contribution in [0.25, 0.3) is 0 Å². The predicted molar refractivity (Wildman–Crippen MR) is 229 cm³/mol. The van der Waals surface area contributed by atoms with Crippen LogP contribution < -0.4 is 5.73 Å². The second-order valence-electron chi connectivity index (χ2n) is 14.2. The van der Waals surface area contributed by atoms with Gasteiger partial charge in [-0.3, -0.25) is 18.6 Å². The SMILES string of the molecule is CCC=CCC=CCC=CCC=CCC=CCCCCCC(=O)OC[C@H](COP(=O)(O)OCCN)OC(=O)CCCCCCCCCCCCCCCCC. The van der Waals surface area contributed by atoms with Gasteiger partial charge in [0, 0.05) is 19.4 Å². The number of unbranched alkanes of at least 4 members (excludes halogenated alkanes) is 17. The van der Waals surface area contributed by atoms with Gasteiger partial charge in [0.1, 0.15) is 6.61 Å². The zero-order valence-corrected chi connectivity index (χ0v) is 35.8. The second kappa shape index (κ2) is 41.3. The average Bonchev–Trinajstić information content (AvgIpc) is 3.17. The molecule has 0 saturated carbocycles. The summed E-state index contributed by atoms with van der Waals surface area (Å²) < 4.78 is 32.8. The zero-order valence-electron chi connectivity index (χ0n) is 34.9. The van der Waals surface area contributed by atoms with Crippen LogP contribution in [0, 0.1) is 0 Å². The molecule has 2 atom stereocenters. The highest BCUT2D eigenvalue weighted by Gasteiger charge is 2.26. The number of carbonyl (C=O) groups excluding carboxylic acids is 2. The molecule has 0 aromatic carbocycles. The number of rotatable bonds is 40.